The predicted octanol–water partition coefficient (Wildman–Crippen LogP) is 2.43. The van der Waals surface area contributed by atoms with Crippen LogP contribution in [0.3, 0.4) is 0 Å². The number of hydrogen-bond donors (Lipinski definition) is 0. The molecule has 2 unspecified atom stereocenters. The van der Waals surface area contributed by atoms with Crippen LogP contribution in [-0.4, -0.2) is 38.8 Å². The van der Waals surface area contributed by atoms with Gasteiger partial charge in [0.1, 0.15) is 11.7 Å². The van der Waals surface area contributed by atoms with Crippen molar-refractivity contribution in [2.45, 2.75) is 26.2 Å². The zero-order valence-electron chi connectivity index (χ0n) is 14.4. The summed E-state index contributed by atoms with van der Waals surface area (Å²) >= 11 is 0. The minimum absolute atomic E-state index is 0.0426. The number of esters is 1. The van der Waals surface area contributed by atoms with E-state index >= 15 is 0 Å². The number of methoxy groups -OCH3 is 1. The topological polar surface area (TPSA) is 100 Å². The van der Waals surface area contributed by atoms with Gasteiger partial charge in [0.2, 0.25) is 12.5 Å². The molecule has 0 radical (unpaired) electrons. The van der Waals surface area contributed by atoms with E-state index in [1.807, 2.05) is 0 Å². The summed E-state index contributed by atoms with van der Waals surface area (Å²) in [7, 11) is 1.47. The van der Waals surface area contributed by atoms with Gasteiger partial charge in [0, 0.05) is 12.3 Å². The van der Waals surface area contributed by atoms with Crippen molar-refractivity contribution < 1.29 is 28.5 Å². The Hall–Kier alpha value is -2.64. The second-order valence-electron chi connectivity index (χ2n) is 5.42. The SMILES string of the molecule is CCOC(=O)C(C(=O)CC)C(CN=O)c1cc(OC)c2c(c1)OCO2. The molecule has 1 aromatic carbocycles. The number of nitroso groups, excluding NO2 is 1. The number of benzene rings is 1. The fourth-order valence-corrected chi connectivity index (χ4v) is 2.82. The third-order valence-corrected chi connectivity index (χ3v) is 4.02. The molecular formula is C17H21NO7. The molecule has 8 heteroatoms. The molecule has 2 rings (SSSR count). The lowest BCUT2D eigenvalue weighted by Crippen LogP contribution is -2.33. The van der Waals surface area contributed by atoms with Gasteiger partial charge in [0.25, 0.3) is 0 Å². The number of fused-ring (bicyclic) bond motifs is 1. The Labute approximate surface area is 145 Å². The maximum Gasteiger partial charge on any atom is 0.317 e. The van der Waals surface area contributed by atoms with E-state index in [1.165, 1.54) is 7.11 Å². The Morgan fingerprint density at radius 2 is 2.04 bits per heavy atom. The van der Waals surface area contributed by atoms with E-state index in [1.54, 1.807) is 26.0 Å². The number of ether oxygens (including phenoxy) is 4. The van der Waals surface area contributed by atoms with Crippen molar-refractivity contribution >= 4 is 11.8 Å². The van der Waals surface area contributed by atoms with Crippen molar-refractivity contribution in [3.63, 3.8) is 0 Å². The van der Waals surface area contributed by atoms with Crippen molar-refractivity contribution in [1.82, 2.24) is 0 Å². The van der Waals surface area contributed by atoms with Crippen LogP contribution in [0.15, 0.2) is 17.3 Å². The molecule has 25 heavy (non-hydrogen) atoms. The molecule has 2 atom stereocenters. The van der Waals surface area contributed by atoms with Crippen molar-refractivity contribution in [3.8, 4) is 17.2 Å². The highest BCUT2D eigenvalue weighted by molar-refractivity contribution is 6.00. The molecule has 1 aromatic rings. The van der Waals surface area contributed by atoms with Crippen LogP contribution in [0, 0.1) is 10.8 Å². The molecule has 0 aromatic heterocycles. The van der Waals surface area contributed by atoms with Crippen LogP contribution in [0.1, 0.15) is 31.7 Å². The molecule has 0 saturated carbocycles. The lowest BCUT2D eigenvalue weighted by molar-refractivity contribution is -0.152. The number of carbonyl (C=O) groups is 2. The van der Waals surface area contributed by atoms with Gasteiger partial charge < -0.3 is 18.9 Å². The first-order chi connectivity index (χ1) is 12.1. The lowest BCUT2D eigenvalue weighted by Gasteiger charge is -2.23. The Bertz CT molecular complexity index is 659. The predicted molar refractivity (Wildman–Crippen MR) is 87.9 cm³/mol. The number of rotatable bonds is 9. The average molecular weight is 351 g/mol. The monoisotopic (exact) mass is 351 g/mol. The molecule has 0 bridgehead atoms. The maximum atomic E-state index is 12.4. The second kappa shape index (κ2) is 8.46. The van der Waals surface area contributed by atoms with Gasteiger partial charge in [-0.2, -0.15) is 4.91 Å². The van der Waals surface area contributed by atoms with Gasteiger partial charge in [-0.05, 0) is 24.6 Å². The number of hydrogen-bond acceptors (Lipinski definition) is 8. The second-order valence-corrected chi connectivity index (χ2v) is 5.42. The van der Waals surface area contributed by atoms with Gasteiger partial charge in [-0.3, -0.25) is 9.59 Å². The molecule has 1 heterocycles. The third-order valence-electron chi connectivity index (χ3n) is 4.02. The highest BCUT2D eigenvalue weighted by Crippen LogP contribution is 2.44. The van der Waals surface area contributed by atoms with Crippen LogP contribution in [0.2, 0.25) is 0 Å². The average Bonchev–Trinajstić information content (AvgIpc) is 3.09. The molecule has 0 saturated heterocycles. The van der Waals surface area contributed by atoms with Gasteiger partial charge in [0.05, 0.1) is 20.3 Å². The van der Waals surface area contributed by atoms with Crippen molar-refractivity contribution in [1.29, 1.82) is 0 Å². The largest absolute Gasteiger partial charge is 0.493 e. The summed E-state index contributed by atoms with van der Waals surface area (Å²) in [4.78, 5) is 35.7. The molecule has 1 aliphatic rings. The van der Waals surface area contributed by atoms with E-state index in [4.69, 9.17) is 18.9 Å². The van der Waals surface area contributed by atoms with Crippen LogP contribution >= 0.6 is 0 Å². The summed E-state index contributed by atoms with van der Waals surface area (Å²) in [5, 5.41) is 2.92. The fraction of sp³-hybridized carbons (Fsp3) is 0.529. The molecule has 0 spiro atoms. The van der Waals surface area contributed by atoms with Crippen molar-refractivity contribution in [2.75, 3.05) is 27.1 Å². The quantitative estimate of drug-likeness (QED) is 0.382. The maximum absolute atomic E-state index is 12.4. The standard InChI is InChI=1S/C17H21NO7/c1-4-12(19)15(17(20)23-5-2)11(8-18-21)10-6-13(22-3)16-14(7-10)24-9-25-16/h6-7,11,15H,4-5,8-9H2,1-3H3. The normalized spacial score (nSPS) is 14.5. The van der Waals surface area contributed by atoms with Gasteiger partial charge in [-0.25, -0.2) is 0 Å². The number of nitrogens with zero attached hydrogens (tertiary/aromatic N) is 1. The van der Waals surface area contributed by atoms with Gasteiger partial charge in [-0.1, -0.05) is 12.1 Å². The van der Waals surface area contributed by atoms with E-state index in [-0.39, 0.29) is 32.1 Å². The van der Waals surface area contributed by atoms with E-state index in [2.05, 4.69) is 5.18 Å². The van der Waals surface area contributed by atoms with Crippen LogP contribution in [0.5, 0.6) is 17.2 Å². The first-order valence-electron chi connectivity index (χ1n) is 8.03. The summed E-state index contributed by atoms with van der Waals surface area (Å²) in [6, 6.07) is 3.26. The lowest BCUT2D eigenvalue weighted by atomic mass is 9.82. The summed E-state index contributed by atoms with van der Waals surface area (Å²) in [6.07, 6.45) is 0.139. The van der Waals surface area contributed by atoms with Gasteiger partial charge >= 0.3 is 5.97 Å². The number of carbonyl (C=O) groups excluding carboxylic acids is 2. The van der Waals surface area contributed by atoms with Crippen molar-refractivity contribution in [2.24, 2.45) is 11.1 Å². The van der Waals surface area contributed by atoms with Crippen LogP contribution in [0.25, 0.3) is 0 Å². The molecular weight excluding hydrogens is 330 g/mol. The minimum atomic E-state index is -1.12. The Morgan fingerprint density at radius 1 is 1.28 bits per heavy atom. The summed E-state index contributed by atoms with van der Waals surface area (Å²) in [6.45, 7) is 3.24. The fourth-order valence-electron chi connectivity index (χ4n) is 2.82. The summed E-state index contributed by atoms with van der Waals surface area (Å²) < 4.78 is 21.0. The van der Waals surface area contributed by atoms with Crippen LogP contribution in [-0.2, 0) is 14.3 Å². The third kappa shape index (κ3) is 3.89. The molecule has 0 amide bonds. The Kier molecular flexibility index (Phi) is 6.32. The molecule has 0 aliphatic carbocycles. The summed E-state index contributed by atoms with van der Waals surface area (Å²) in [5.74, 6) is -1.61. The molecule has 0 fully saturated rings. The first kappa shape index (κ1) is 18.7. The first-order valence-corrected chi connectivity index (χ1v) is 8.03. The van der Waals surface area contributed by atoms with E-state index in [0.717, 1.165) is 0 Å². The molecule has 0 N–H and O–H groups in total. The minimum Gasteiger partial charge on any atom is -0.493 e. The molecule has 8 nitrogen and oxygen atoms in total. The number of Topliss-reactive ketones (excluding diaryl/α,β-unsaturated/α-hetero) is 1. The molecule has 1 aliphatic heterocycles. The summed E-state index contributed by atoms with van der Waals surface area (Å²) in [5.41, 5.74) is 0.528. The smallest absolute Gasteiger partial charge is 0.317 e. The van der Waals surface area contributed by atoms with E-state index < -0.39 is 17.8 Å². The Morgan fingerprint density at radius 3 is 2.64 bits per heavy atom. The highest BCUT2D eigenvalue weighted by atomic mass is 16.7. The number of ketones is 1. The zero-order chi connectivity index (χ0) is 18.4. The van der Waals surface area contributed by atoms with Crippen molar-refractivity contribution in [3.05, 3.63) is 22.6 Å². The Balaban J connectivity index is 2.49. The van der Waals surface area contributed by atoms with Gasteiger partial charge in [-0.15, -0.1) is 0 Å². The van der Waals surface area contributed by atoms with Crippen LogP contribution in [0.4, 0.5) is 0 Å². The van der Waals surface area contributed by atoms with E-state index in [9.17, 15) is 14.5 Å². The van der Waals surface area contributed by atoms with Crippen LogP contribution < -0.4 is 14.2 Å². The van der Waals surface area contributed by atoms with Gasteiger partial charge in [0.15, 0.2) is 11.5 Å². The molecule has 136 valence electrons. The van der Waals surface area contributed by atoms with E-state index in [0.29, 0.717) is 22.8 Å². The zero-order valence-corrected chi connectivity index (χ0v) is 14.4. The highest BCUT2D eigenvalue weighted by Gasteiger charge is 2.37.